The first-order valence-corrected chi connectivity index (χ1v) is 8.27. The molecule has 7 heteroatoms. The Labute approximate surface area is 143 Å². The van der Waals surface area contributed by atoms with E-state index in [2.05, 4.69) is 10.2 Å². The van der Waals surface area contributed by atoms with Crippen LogP contribution < -0.4 is 0 Å². The SMILES string of the molecule is CC(Sc1nnc(Cc2ccccc2)o1)c1cccc([N+](=O)[O-])c1. The van der Waals surface area contributed by atoms with E-state index in [4.69, 9.17) is 4.42 Å². The maximum absolute atomic E-state index is 10.9. The summed E-state index contributed by atoms with van der Waals surface area (Å²) in [6.07, 6.45) is 0.583. The highest BCUT2D eigenvalue weighted by Gasteiger charge is 2.16. The summed E-state index contributed by atoms with van der Waals surface area (Å²) < 4.78 is 5.66. The topological polar surface area (TPSA) is 82.1 Å². The Morgan fingerprint density at radius 1 is 1.17 bits per heavy atom. The van der Waals surface area contributed by atoms with Crippen LogP contribution in [0.5, 0.6) is 0 Å². The first-order valence-electron chi connectivity index (χ1n) is 7.39. The van der Waals surface area contributed by atoms with Gasteiger partial charge in [0.2, 0.25) is 5.89 Å². The summed E-state index contributed by atoms with van der Waals surface area (Å²) >= 11 is 1.39. The third kappa shape index (κ3) is 3.99. The normalized spacial score (nSPS) is 12.0. The van der Waals surface area contributed by atoms with E-state index in [0.29, 0.717) is 17.5 Å². The number of nitrogens with zero attached hydrogens (tertiary/aromatic N) is 3. The summed E-state index contributed by atoms with van der Waals surface area (Å²) in [4.78, 5) is 10.5. The van der Waals surface area contributed by atoms with E-state index in [1.807, 2.05) is 43.3 Å². The summed E-state index contributed by atoms with van der Waals surface area (Å²) in [6, 6.07) is 16.5. The number of nitro groups is 1. The first-order chi connectivity index (χ1) is 11.6. The molecule has 1 aromatic heterocycles. The lowest BCUT2D eigenvalue weighted by atomic mass is 10.1. The van der Waals surface area contributed by atoms with Crippen LogP contribution in [0, 0.1) is 10.1 Å². The van der Waals surface area contributed by atoms with Crippen molar-refractivity contribution in [2.24, 2.45) is 0 Å². The van der Waals surface area contributed by atoms with Crippen LogP contribution in [0.2, 0.25) is 0 Å². The van der Waals surface area contributed by atoms with Gasteiger partial charge in [0, 0.05) is 17.4 Å². The maximum atomic E-state index is 10.9. The quantitative estimate of drug-likeness (QED) is 0.375. The van der Waals surface area contributed by atoms with Crippen molar-refractivity contribution in [1.29, 1.82) is 0 Å². The molecule has 0 radical (unpaired) electrons. The Hall–Kier alpha value is -2.67. The molecule has 0 saturated carbocycles. The van der Waals surface area contributed by atoms with Gasteiger partial charge in [-0.2, -0.15) is 0 Å². The van der Waals surface area contributed by atoms with Gasteiger partial charge < -0.3 is 4.42 Å². The van der Waals surface area contributed by atoms with Crippen LogP contribution >= 0.6 is 11.8 Å². The highest BCUT2D eigenvalue weighted by molar-refractivity contribution is 7.99. The molecule has 0 amide bonds. The number of hydrogen-bond acceptors (Lipinski definition) is 6. The predicted molar refractivity (Wildman–Crippen MR) is 90.9 cm³/mol. The van der Waals surface area contributed by atoms with E-state index in [9.17, 15) is 10.1 Å². The van der Waals surface area contributed by atoms with Crippen molar-refractivity contribution < 1.29 is 9.34 Å². The zero-order valence-electron chi connectivity index (χ0n) is 13.0. The second-order valence-corrected chi connectivity index (χ2v) is 6.53. The molecule has 122 valence electrons. The summed E-state index contributed by atoms with van der Waals surface area (Å²) in [5.74, 6) is 0.551. The van der Waals surface area contributed by atoms with Crippen LogP contribution in [-0.2, 0) is 6.42 Å². The Morgan fingerprint density at radius 3 is 2.71 bits per heavy atom. The minimum Gasteiger partial charge on any atom is -0.416 e. The molecule has 1 heterocycles. The minimum atomic E-state index is -0.397. The Morgan fingerprint density at radius 2 is 1.96 bits per heavy atom. The fourth-order valence-electron chi connectivity index (χ4n) is 2.24. The zero-order chi connectivity index (χ0) is 16.9. The Balaban J connectivity index is 1.68. The monoisotopic (exact) mass is 341 g/mol. The van der Waals surface area contributed by atoms with E-state index in [0.717, 1.165) is 11.1 Å². The third-order valence-electron chi connectivity index (χ3n) is 3.47. The van der Waals surface area contributed by atoms with Crippen LogP contribution in [-0.4, -0.2) is 15.1 Å². The summed E-state index contributed by atoms with van der Waals surface area (Å²) in [5, 5.41) is 19.4. The molecule has 1 unspecified atom stereocenters. The summed E-state index contributed by atoms with van der Waals surface area (Å²) in [7, 11) is 0. The fourth-order valence-corrected chi connectivity index (χ4v) is 3.06. The van der Waals surface area contributed by atoms with E-state index < -0.39 is 4.92 Å². The van der Waals surface area contributed by atoms with Crippen molar-refractivity contribution in [3.05, 3.63) is 81.7 Å². The predicted octanol–water partition coefficient (Wildman–Crippen LogP) is 4.42. The number of benzene rings is 2. The minimum absolute atomic E-state index is 0.0325. The van der Waals surface area contributed by atoms with Gasteiger partial charge in [-0.1, -0.05) is 54.2 Å². The average molecular weight is 341 g/mol. The standard InChI is InChI=1S/C17H15N3O3S/c1-12(14-8-5-9-15(11-14)20(21)22)24-17-19-18-16(23-17)10-13-6-3-2-4-7-13/h2-9,11-12H,10H2,1H3. The van der Waals surface area contributed by atoms with Gasteiger partial charge in [-0.05, 0) is 18.1 Å². The highest BCUT2D eigenvalue weighted by atomic mass is 32.2. The Kier molecular flexibility index (Phi) is 4.90. The van der Waals surface area contributed by atoms with Gasteiger partial charge in [0.1, 0.15) is 0 Å². The van der Waals surface area contributed by atoms with Crippen molar-refractivity contribution in [3.63, 3.8) is 0 Å². The number of rotatable bonds is 6. The number of thioether (sulfide) groups is 1. The van der Waals surface area contributed by atoms with Crippen LogP contribution in [0.25, 0.3) is 0 Å². The van der Waals surface area contributed by atoms with Gasteiger partial charge in [-0.25, -0.2) is 0 Å². The number of hydrogen-bond donors (Lipinski definition) is 0. The smallest absolute Gasteiger partial charge is 0.277 e. The molecule has 0 bridgehead atoms. The van der Waals surface area contributed by atoms with Crippen molar-refractivity contribution >= 4 is 17.4 Å². The molecule has 0 aliphatic rings. The first kappa shape index (κ1) is 16.2. The van der Waals surface area contributed by atoms with E-state index in [1.54, 1.807) is 12.1 Å². The lowest BCUT2D eigenvalue weighted by Crippen LogP contribution is -1.92. The third-order valence-corrected chi connectivity index (χ3v) is 4.47. The molecule has 0 spiro atoms. The van der Waals surface area contributed by atoms with E-state index in [1.165, 1.54) is 17.8 Å². The van der Waals surface area contributed by atoms with Crippen LogP contribution in [0.3, 0.4) is 0 Å². The molecule has 24 heavy (non-hydrogen) atoms. The molecule has 6 nitrogen and oxygen atoms in total. The van der Waals surface area contributed by atoms with Gasteiger partial charge in [0.25, 0.3) is 10.9 Å². The van der Waals surface area contributed by atoms with Crippen molar-refractivity contribution in [2.75, 3.05) is 0 Å². The van der Waals surface area contributed by atoms with Crippen molar-refractivity contribution in [2.45, 2.75) is 23.8 Å². The fraction of sp³-hybridized carbons (Fsp3) is 0.176. The molecule has 0 fully saturated rings. The van der Waals surface area contributed by atoms with Crippen molar-refractivity contribution in [3.8, 4) is 0 Å². The molecule has 0 saturated heterocycles. The van der Waals surface area contributed by atoms with Crippen LogP contribution in [0.15, 0.2) is 64.2 Å². The van der Waals surface area contributed by atoms with Gasteiger partial charge in [-0.3, -0.25) is 10.1 Å². The van der Waals surface area contributed by atoms with E-state index >= 15 is 0 Å². The summed E-state index contributed by atoms with van der Waals surface area (Å²) in [5.41, 5.74) is 2.02. The van der Waals surface area contributed by atoms with Crippen molar-refractivity contribution in [1.82, 2.24) is 10.2 Å². The lowest BCUT2D eigenvalue weighted by molar-refractivity contribution is -0.384. The number of nitro benzene ring substituents is 1. The molecular weight excluding hydrogens is 326 g/mol. The molecular formula is C17H15N3O3S. The zero-order valence-corrected chi connectivity index (χ0v) is 13.8. The van der Waals surface area contributed by atoms with Crippen LogP contribution in [0.4, 0.5) is 5.69 Å². The van der Waals surface area contributed by atoms with Gasteiger partial charge >= 0.3 is 0 Å². The summed E-state index contributed by atoms with van der Waals surface area (Å²) in [6.45, 7) is 1.95. The van der Waals surface area contributed by atoms with Gasteiger partial charge in [0.05, 0.1) is 11.3 Å². The number of aromatic nitrogens is 2. The molecule has 0 aliphatic carbocycles. The van der Waals surface area contributed by atoms with E-state index in [-0.39, 0.29) is 10.9 Å². The molecule has 0 N–H and O–H groups in total. The molecule has 2 aromatic carbocycles. The number of non-ortho nitro benzene ring substituents is 1. The highest BCUT2D eigenvalue weighted by Crippen LogP contribution is 2.35. The van der Waals surface area contributed by atoms with Crippen LogP contribution in [0.1, 0.15) is 29.2 Å². The molecule has 0 aliphatic heterocycles. The maximum Gasteiger partial charge on any atom is 0.277 e. The van der Waals surface area contributed by atoms with Gasteiger partial charge in [0.15, 0.2) is 0 Å². The molecule has 3 rings (SSSR count). The molecule has 3 aromatic rings. The molecule has 1 atom stereocenters. The van der Waals surface area contributed by atoms with Gasteiger partial charge in [-0.15, -0.1) is 10.2 Å². The second-order valence-electron chi connectivity index (χ2n) is 5.24. The largest absolute Gasteiger partial charge is 0.416 e. The second kappa shape index (κ2) is 7.27. The average Bonchev–Trinajstić information content (AvgIpc) is 3.02. The lowest BCUT2D eigenvalue weighted by Gasteiger charge is -2.08. The Bertz CT molecular complexity index is 836.